The maximum absolute atomic E-state index is 13.3. The zero-order chi connectivity index (χ0) is 32.1. The third-order valence-corrected chi connectivity index (χ3v) is 6.34. The van der Waals surface area contributed by atoms with Gasteiger partial charge in [0.2, 0.25) is 23.6 Å². The Morgan fingerprint density at radius 1 is 0.860 bits per heavy atom. The molecule has 4 amide bonds. The Kier molecular flexibility index (Phi) is 12.9. The molecule has 0 aliphatic carbocycles. The van der Waals surface area contributed by atoms with Gasteiger partial charge in [-0.05, 0) is 30.9 Å². The van der Waals surface area contributed by atoms with Crippen LogP contribution in [-0.2, 0) is 35.2 Å². The molecular formula is C26H37N9O8. The number of hydrogen-bond acceptors (Lipinski definition) is 8. The molecule has 4 unspecified atom stereocenters. The molecule has 43 heavy (non-hydrogen) atoms. The molecule has 1 heterocycles. The van der Waals surface area contributed by atoms with E-state index in [0.717, 1.165) is 10.9 Å². The Morgan fingerprint density at radius 3 is 2.07 bits per heavy atom. The summed E-state index contributed by atoms with van der Waals surface area (Å²) in [5, 5.41) is 26.7. The standard InChI is InChI=1S/C26H37N9O8/c27-15(11-21(37)38)22(39)33-18(7-8-20(28)36)24(41)34-17(6-3-9-31-26(29)30)23(40)35-19(25(42)43)10-13-12-32-16-5-2-1-4-14(13)16/h1-2,4-5,12,15,17-19,32H,3,6-11,27H2,(H2,28,36)(H,33,39)(H,34,41)(H,35,40)(H,37,38)(H,42,43)(H4,29,30,31). The van der Waals surface area contributed by atoms with Crippen LogP contribution in [-0.4, -0.2) is 87.4 Å². The molecule has 17 heteroatoms. The number of aliphatic imine (C=N–C) groups is 1. The van der Waals surface area contributed by atoms with E-state index in [1.807, 2.05) is 12.1 Å². The van der Waals surface area contributed by atoms with Gasteiger partial charge in [-0.3, -0.25) is 29.0 Å². The molecule has 1 aromatic carbocycles. The van der Waals surface area contributed by atoms with E-state index in [1.54, 1.807) is 18.3 Å². The van der Waals surface area contributed by atoms with Crippen molar-refractivity contribution in [2.24, 2.45) is 27.9 Å². The van der Waals surface area contributed by atoms with Crippen LogP contribution >= 0.6 is 0 Å². The number of nitrogens with two attached hydrogens (primary N) is 4. The Balaban J connectivity index is 2.24. The molecule has 0 aliphatic heterocycles. The third kappa shape index (κ3) is 11.3. The van der Waals surface area contributed by atoms with E-state index >= 15 is 0 Å². The maximum atomic E-state index is 13.3. The molecule has 2 aromatic rings. The first-order valence-electron chi connectivity index (χ1n) is 13.3. The van der Waals surface area contributed by atoms with Crippen LogP contribution < -0.4 is 38.9 Å². The number of primary amides is 1. The molecule has 0 spiro atoms. The van der Waals surface area contributed by atoms with Crippen LogP contribution in [0, 0.1) is 0 Å². The summed E-state index contributed by atoms with van der Waals surface area (Å²) in [6.45, 7) is 0.0889. The fourth-order valence-electron chi connectivity index (χ4n) is 4.15. The van der Waals surface area contributed by atoms with Crippen molar-refractivity contribution in [3.05, 3.63) is 36.0 Å². The quantitative estimate of drug-likeness (QED) is 0.0477. The molecule has 0 aliphatic rings. The number of hydrogen-bond donors (Lipinski definition) is 10. The van der Waals surface area contributed by atoms with Gasteiger partial charge in [0.25, 0.3) is 0 Å². The number of nitrogens with zero attached hydrogens (tertiary/aromatic N) is 1. The second kappa shape index (κ2) is 16.3. The van der Waals surface area contributed by atoms with Gasteiger partial charge in [0.05, 0.1) is 12.5 Å². The molecule has 17 nitrogen and oxygen atoms in total. The number of aromatic amines is 1. The van der Waals surface area contributed by atoms with Crippen LogP contribution in [0.15, 0.2) is 35.5 Å². The monoisotopic (exact) mass is 603 g/mol. The van der Waals surface area contributed by atoms with E-state index in [4.69, 9.17) is 28.0 Å². The number of aromatic nitrogens is 1. The summed E-state index contributed by atoms with van der Waals surface area (Å²) in [5.41, 5.74) is 22.9. The van der Waals surface area contributed by atoms with Gasteiger partial charge in [-0.15, -0.1) is 0 Å². The van der Waals surface area contributed by atoms with Gasteiger partial charge < -0.3 is 54.1 Å². The lowest BCUT2D eigenvalue weighted by atomic mass is 10.0. The number of fused-ring (bicyclic) bond motifs is 1. The number of nitrogens with one attached hydrogen (secondary N) is 4. The number of H-pyrrole nitrogens is 1. The largest absolute Gasteiger partial charge is 0.481 e. The summed E-state index contributed by atoms with van der Waals surface area (Å²) in [7, 11) is 0. The van der Waals surface area contributed by atoms with Gasteiger partial charge in [0.15, 0.2) is 5.96 Å². The first-order chi connectivity index (χ1) is 20.3. The lowest BCUT2D eigenvalue weighted by Gasteiger charge is -2.25. The van der Waals surface area contributed by atoms with Crippen LogP contribution in [0.5, 0.6) is 0 Å². The summed E-state index contributed by atoms with van der Waals surface area (Å²) < 4.78 is 0. The first-order valence-corrected chi connectivity index (χ1v) is 13.3. The van der Waals surface area contributed by atoms with Crippen molar-refractivity contribution >= 4 is 52.4 Å². The molecule has 2 rings (SSSR count). The van der Waals surface area contributed by atoms with Crippen molar-refractivity contribution in [1.29, 1.82) is 0 Å². The molecule has 0 fully saturated rings. The van der Waals surface area contributed by atoms with Crippen LogP contribution in [0.2, 0.25) is 0 Å². The molecule has 234 valence electrons. The first kappa shape index (κ1) is 34.0. The topological polar surface area (TPSA) is 311 Å². The second-order valence-electron chi connectivity index (χ2n) is 9.74. The molecule has 0 radical (unpaired) electrons. The van der Waals surface area contributed by atoms with Gasteiger partial charge in [-0.1, -0.05) is 18.2 Å². The number of carbonyl (C=O) groups excluding carboxylic acids is 4. The van der Waals surface area contributed by atoms with Gasteiger partial charge in [-0.2, -0.15) is 0 Å². The number of benzene rings is 1. The fraction of sp³-hybridized carbons (Fsp3) is 0.423. The van der Waals surface area contributed by atoms with Crippen molar-refractivity contribution < 1.29 is 39.0 Å². The van der Waals surface area contributed by atoms with Gasteiger partial charge in [0, 0.05) is 36.5 Å². The Bertz CT molecular complexity index is 1360. The van der Waals surface area contributed by atoms with E-state index < -0.39 is 66.2 Å². The highest BCUT2D eigenvalue weighted by Crippen LogP contribution is 2.19. The smallest absolute Gasteiger partial charge is 0.326 e. The summed E-state index contributed by atoms with van der Waals surface area (Å²) in [6, 6.07) is 1.62. The van der Waals surface area contributed by atoms with Gasteiger partial charge in [-0.25, -0.2) is 4.79 Å². The zero-order valence-electron chi connectivity index (χ0n) is 23.2. The lowest BCUT2D eigenvalue weighted by molar-refractivity contribution is -0.142. The highest BCUT2D eigenvalue weighted by atomic mass is 16.4. The summed E-state index contributed by atoms with van der Waals surface area (Å²) in [5.74, 6) is -6.38. The van der Waals surface area contributed by atoms with E-state index in [1.165, 1.54) is 0 Å². The second-order valence-corrected chi connectivity index (χ2v) is 9.74. The Hall–Kier alpha value is -5.19. The number of para-hydroxylation sites is 1. The average molecular weight is 604 g/mol. The third-order valence-electron chi connectivity index (χ3n) is 6.34. The van der Waals surface area contributed by atoms with Crippen LogP contribution in [0.1, 0.15) is 37.7 Å². The predicted octanol–water partition coefficient (Wildman–Crippen LogP) is -2.63. The highest BCUT2D eigenvalue weighted by molar-refractivity contribution is 5.95. The van der Waals surface area contributed by atoms with Gasteiger partial charge >= 0.3 is 11.9 Å². The normalized spacial score (nSPS) is 13.6. The number of carbonyl (C=O) groups is 6. The molecular weight excluding hydrogens is 566 g/mol. The van der Waals surface area contributed by atoms with Crippen LogP contribution in [0.25, 0.3) is 10.9 Å². The Labute approximate surface area is 245 Å². The number of amides is 4. The van der Waals surface area contributed by atoms with Crippen molar-refractivity contribution in [2.45, 2.75) is 62.7 Å². The van der Waals surface area contributed by atoms with E-state index in [2.05, 4.69) is 25.9 Å². The molecule has 1 aromatic heterocycles. The van der Waals surface area contributed by atoms with E-state index in [-0.39, 0.29) is 44.6 Å². The number of carboxylic acid groups (broad SMARTS) is 2. The van der Waals surface area contributed by atoms with Crippen LogP contribution in [0.3, 0.4) is 0 Å². The van der Waals surface area contributed by atoms with E-state index in [0.29, 0.717) is 5.56 Å². The minimum Gasteiger partial charge on any atom is -0.481 e. The summed E-state index contributed by atoms with van der Waals surface area (Å²) in [6.07, 6.45) is 0.383. The highest BCUT2D eigenvalue weighted by Gasteiger charge is 2.31. The van der Waals surface area contributed by atoms with Crippen LogP contribution in [0.4, 0.5) is 0 Å². The molecule has 0 bridgehead atoms. The average Bonchev–Trinajstić information content (AvgIpc) is 3.33. The number of carboxylic acids is 2. The van der Waals surface area contributed by atoms with E-state index in [9.17, 15) is 33.9 Å². The number of rotatable bonds is 18. The van der Waals surface area contributed by atoms with Gasteiger partial charge in [0.1, 0.15) is 18.1 Å². The molecule has 0 saturated heterocycles. The molecule has 0 saturated carbocycles. The summed E-state index contributed by atoms with van der Waals surface area (Å²) >= 11 is 0. The predicted molar refractivity (Wildman–Crippen MR) is 154 cm³/mol. The van der Waals surface area contributed by atoms with Crippen molar-refractivity contribution in [3.63, 3.8) is 0 Å². The SMILES string of the molecule is NC(=O)CCC(NC(=O)C(N)CC(=O)O)C(=O)NC(CCCN=C(N)N)C(=O)NC(Cc1c[nH]c2ccccc12)C(=O)O. The zero-order valence-corrected chi connectivity index (χ0v) is 23.2. The van der Waals surface area contributed by atoms with Crippen molar-refractivity contribution in [2.75, 3.05) is 6.54 Å². The minimum atomic E-state index is -1.50. The number of guanidine groups is 1. The number of aliphatic carboxylic acids is 2. The maximum Gasteiger partial charge on any atom is 0.326 e. The van der Waals surface area contributed by atoms with Crippen molar-refractivity contribution in [1.82, 2.24) is 20.9 Å². The molecule has 14 N–H and O–H groups in total. The minimum absolute atomic E-state index is 0.0389. The van der Waals surface area contributed by atoms with Crippen molar-refractivity contribution in [3.8, 4) is 0 Å². The fourth-order valence-corrected chi connectivity index (χ4v) is 4.15. The molecule has 4 atom stereocenters. The Morgan fingerprint density at radius 2 is 1.47 bits per heavy atom. The lowest BCUT2D eigenvalue weighted by Crippen LogP contribution is -2.57. The summed E-state index contributed by atoms with van der Waals surface area (Å²) in [4.78, 5) is 80.2.